The normalized spacial score (nSPS) is 13.1. The molecular weight excluding hydrogens is 477 g/mol. The number of nitrogens with one attached hydrogen (secondary N) is 1. The van der Waals surface area contributed by atoms with E-state index >= 15 is 0 Å². The van der Waals surface area contributed by atoms with E-state index in [0.717, 1.165) is 0 Å². The fourth-order valence-electron chi connectivity index (χ4n) is 4.24. The predicted molar refractivity (Wildman–Crippen MR) is 131 cm³/mol. The van der Waals surface area contributed by atoms with E-state index in [4.69, 9.17) is 10.2 Å². The van der Waals surface area contributed by atoms with Gasteiger partial charge in [-0.25, -0.2) is 14.1 Å². The van der Waals surface area contributed by atoms with Crippen molar-refractivity contribution in [1.29, 1.82) is 0 Å². The monoisotopic (exact) mass is 497 g/mol. The molecule has 1 atom stereocenters. The Kier molecular flexibility index (Phi) is 5.14. The van der Waals surface area contributed by atoms with Gasteiger partial charge in [-0.05, 0) is 36.8 Å². The maximum atomic E-state index is 14.2. The van der Waals surface area contributed by atoms with Crippen LogP contribution < -0.4 is 11.1 Å². The minimum atomic E-state index is -1.38. The van der Waals surface area contributed by atoms with Crippen LogP contribution in [0.3, 0.4) is 0 Å². The van der Waals surface area contributed by atoms with Gasteiger partial charge in [0.25, 0.3) is 5.91 Å². The van der Waals surface area contributed by atoms with Crippen molar-refractivity contribution in [3.63, 3.8) is 0 Å². The Morgan fingerprint density at radius 1 is 1.11 bits per heavy atom. The summed E-state index contributed by atoms with van der Waals surface area (Å²) in [7, 11) is 0. The first-order chi connectivity index (χ1) is 18.0. The summed E-state index contributed by atoms with van der Waals surface area (Å²) in [5.41, 5.74) is 6.37. The third kappa shape index (κ3) is 3.57. The zero-order valence-electron chi connectivity index (χ0n) is 19.5. The van der Waals surface area contributed by atoms with Gasteiger partial charge in [0.05, 0.1) is 30.1 Å². The largest absolute Gasteiger partial charge is 0.461 e. The number of hydrogen-bond acceptors (Lipinski definition) is 8. The zero-order chi connectivity index (χ0) is 25.6. The number of pyridine rings is 1. The Morgan fingerprint density at radius 2 is 1.95 bits per heavy atom. The van der Waals surface area contributed by atoms with Crippen LogP contribution in [0.5, 0.6) is 0 Å². The molecule has 6 rings (SSSR count). The van der Waals surface area contributed by atoms with Crippen LogP contribution in [-0.2, 0) is 16.9 Å². The van der Waals surface area contributed by atoms with Crippen LogP contribution in [0.2, 0.25) is 0 Å². The molecule has 0 saturated carbocycles. The highest BCUT2D eigenvalue weighted by molar-refractivity contribution is 5.94. The van der Waals surface area contributed by atoms with Crippen LogP contribution in [0, 0.1) is 5.82 Å². The van der Waals surface area contributed by atoms with Crippen molar-refractivity contribution in [2.24, 2.45) is 0 Å². The summed E-state index contributed by atoms with van der Waals surface area (Å²) >= 11 is 0. The lowest BCUT2D eigenvalue weighted by Gasteiger charge is -2.29. The molecule has 0 saturated heterocycles. The minimum Gasteiger partial charge on any atom is -0.461 e. The van der Waals surface area contributed by atoms with Gasteiger partial charge in [-0.3, -0.25) is 9.78 Å². The molecule has 6 aromatic rings. The molecular formula is C25H20FN9O2. The van der Waals surface area contributed by atoms with Crippen molar-refractivity contribution in [3.8, 4) is 11.6 Å². The van der Waals surface area contributed by atoms with E-state index in [1.807, 2.05) is 30.3 Å². The standard InChI is InChI=1S/C25H20FN9O2/c1-25(15-7-3-2-4-8-15,23(36)29-14-18-17(26)9-5-11-28-18)35-22-16(13-30-35)21-31-20(19-10-6-12-37-19)33-34(21)24(27)32-22/h2-13H,14H2,1H3,(H2,27,32)(H,29,36). The van der Waals surface area contributed by atoms with Gasteiger partial charge in [-0.1, -0.05) is 30.3 Å². The molecule has 0 aliphatic rings. The number of nitrogens with zero attached hydrogens (tertiary/aromatic N) is 7. The van der Waals surface area contributed by atoms with E-state index in [9.17, 15) is 9.18 Å². The lowest BCUT2D eigenvalue weighted by molar-refractivity contribution is -0.127. The molecule has 0 aliphatic heterocycles. The maximum absolute atomic E-state index is 14.2. The van der Waals surface area contributed by atoms with Crippen molar-refractivity contribution >= 4 is 28.5 Å². The van der Waals surface area contributed by atoms with Gasteiger partial charge in [-0.2, -0.15) is 14.6 Å². The molecule has 1 unspecified atom stereocenters. The summed E-state index contributed by atoms with van der Waals surface area (Å²) in [6.45, 7) is 1.60. The summed E-state index contributed by atoms with van der Waals surface area (Å²) in [5.74, 6) is -0.0870. The van der Waals surface area contributed by atoms with Crippen molar-refractivity contribution in [1.82, 2.24) is 39.7 Å². The fraction of sp³-hybridized carbons (Fsp3) is 0.120. The number of carbonyl (C=O) groups is 1. The van der Waals surface area contributed by atoms with E-state index in [1.165, 1.54) is 33.8 Å². The Hall–Kier alpha value is -5.13. The first-order valence-electron chi connectivity index (χ1n) is 11.3. The number of fused-ring (bicyclic) bond motifs is 3. The first-order valence-corrected chi connectivity index (χ1v) is 11.3. The molecule has 11 nitrogen and oxygen atoms in total. The molecule has 37 heavy (non-hydrogen) atoms. The first kappa shape index (κ1) is 22.3. The van der Waals surface area contributed by atoms with Crippen molar-refractivity contribution in [3.05, 3.63) is 90.3 Å². The number of furan rings is 1. The Labute approximate surface area is 208 Å². The number of carbonyl (C=O) groups excluding carboxylic acids is 1. The number of benzene rings is 1. The summed E-state index contributed by atoms with van der Waals surface area (Å²) < 4.78 is 22.5. The van der Waals surface area contributed by atoms with Crippen LogP contribution in [0.15, 0.2) is 77.7 Å². The Bertz CT molecular complexity index is 1740. The molecule has 5 heterocycles. The third-order valence-corrected chi connectivity index (χ3v) is 6.22. The second-order valence-corrected chi connectivity index (χ2v) is 8.46. The van der Waals surface area contributed by atoms with Gasteiger partial charge in [0.1, 0.15) is 5.82 Å². The molecule has 3 N–H and O–H groups in total. The van der Waals surface area contributed by atoms with Crippen LogP contribution in [0.4, 0.5) is 10.3 Å². The van der Waals surface area contributed by atoms with Crippen LogP contribution in [-0.4, -0.2) is 40.3 Å². The van der Waals surface area contributed by atoms with Gasteiger partial charge in [0, 0.05) is 6.20 Å². The van der Waals surface area contributed by atoms with E-state index in [2.05, 4.69) is 30.5 Å². The summed E-state index contributed by atoms with van der Waals surface area (Å²) in [5, 5.41) is 12.3. The minimum absolute atomic E-state index is 0.0564. The van der Waals surface area contributed by atoms with Gasteiger partial charge in [0.15, 0.2) is 22.6 Å². The molecule has 0 aliphatic carbocycles. The number of halogens is 1. The average Bonchev–Trinajstić information content (AvgIpc) is 3.68. The molecule has 0 fully saturated rings. The van der Waals surface area contributed by atoms with E-state index in [0.29, 0.717) is 33.8 Å². The van der Waals surface area contributed by atoms with Crippen molar-refractivity contribution in [2.75, 3.05) is 5.73 Å². The Balaban J connectivity index is 1.49. The lowest BCUT2D eigenvalue weighted by atomic mass is 9.91. The Morgan fingerprint density at radius 3 is 2.70 bits per heavy atom. The van der Waals surface area contributed by atoms with Crippen molar-refractivity contribution in [2.45, 2.75) is 19.0 Å². The quantitative estimate of drug-likeness (QED) is 0.358. The predicted octanol–water partition coefficient (Wildman–Crippen LogP) is 2.93. The number of anilines is 1. The average molecular weight is 497 g/mol. The summed E-state index contributed by atoms with van der Waals surface area (Å²) in [4.78, 5) is 26.9. The van der Waals surface area contributed by atoms with Crippen LogP contribution in [0.25, 0.3) is 28.3 Å². The van der Waals surface area contributed by atoms with Crippen molar-refractivity contribution < 1.29 is 13.6 Å². The smallest absolute Gasteiger partial charge is 0.252 e. The summed E-state index contributed by atoms with van der Waals surface area (Å²) in [6, 6.07) is 15.3. The zero-order valence-corrected chi connectivity index (χ0v) is 19.5. The van der Waals surface area contributed by atoms with E-state index < -0.39 is 17.3 Å². The fourth-order valence-corrected chi connectivity index (χ4v) is 4.24. The topological polar surface area (TPSA) is 142 Å². The highest BCUT2D eigenvalue weighted by atomic mass is 19.1. The lowest BCUT2D eigenvalue weighted by Crippen LogP contribution is -2.48. The number of nitrogens with two attached hydrogens (primary N) is 1. The van der Waals surface area contributed by atoms with Crippen LogP contribution in [0.1, 0.15) is 18.2 Å². The number of rotatable bonds is 6. The molecule has 184 valence electrons. The molecule has 1 amide bonds. The molecule has 0 radical (unpaired) electrons. The number of amides is 1. The highest BCUT2D eigenvalue weighted by Gasteiger charge is 2.40. The molecule has 5 aromatic heterocycles. The van der Waals surface area contributed by atoms with Gasteiger partial charge in [0.2, 0.25) is 11.8 Å². The van der Waals surface area contributed by atoms with Crippen LogP contribution >= 0.6 is 0 Å². The molecule has 0 spiro atoms. The maximum Gasteiger partial charge on any atom is 0.252 e. The van der Waals surface area contributed by atoms with E-state index in [1.54, 1.807) is 25.3 Å². The van der Waals surface area contributed by atoms with Gasteiger partial charge >= 0.3 is 0 Å². The van der Waals surface area contributed by atoms with Gasteiger partial charge in [-0.15, -0.1) is 5.10 Å². The highest BCUT2D eigenvalue weighted by Crippen LogP contribution is 2.31. The van der Waals surface area contributed by atoms with E-state index in [-0.39, 0.29) is 18.2 Å². The second kappa shape index (κ2) is 8.52. The molecule has 12 heteroatoms. The van der Waals surface area contributed by atoms with Gasteiger partial charge < -0.3 is 15.5 Å². The second-order valence-electron chi connectivity index (χ2n) is 8.46. The summed E-state index contributed by atoms with van der Waals surface area (Å²) in [6.07, 6.45) is 4.55. The number of hydrogen-bond donors (Lipinski definition) is 2. The number of aromatic nitrogens is 7. The third-order valence-electron chi connectivity index (χ3n) is 6.22. The number of nitrogen functional groups attached to an aromatic ring is 1. The molecule has 1 aromatic carbocycles. The SMILES string of the molecule is CC(C(=O)NCc1ncccc1F)(c1ccccc1)n1ncc2c1nc(N)n1nc(-c3ccco3)nc21. The molecule has 0 bridgehead atoms.